The number of benzene rings is 1. The Kier molecular flexibility index (Phi) is 5.46. The van der Waals surface area contributed by atoms with Crippen LogP contribution in [0.5, 0.6) is 0 Å². The minimum absolute atomic E-state index is 0.0341. The maximum Gasteiger partial charge on any atom is 0.227 e. The zero-order valence-electron chi connectivity index (χ0n) is 14.1. The second-order valence-corrected chi connectivity index (χ2v) is 6.20. The molecule has 3 rings (SSSR count). The molecule has 0 aliphatic carbocycles. The van der Waals surface area contributed by atoms with Gasteiger partial charge in [-0.3, -0.25) is 4.79 Å². The SMILES string of the molecule is Cc1noc(CCC(=O)Nc2ccccc2N2CCCCCC2)n1. The number of nitrogens with one attached hydrogen (secondary N) is 1. The van der Waals surface area contributed by atoms with Gasteiger partial charge in [0.15, 0.2) is 5.82 Å². The summed E-state index contributed by atoms with van der Waals surface area (Å²) in [6.07, 6.45) is 5.77. The molecule has 2 heterocycles. The highest BCUT2D eigenvalue weighted by Crippen LogP contribution is 2.28. The summed E-state index contributed by atoms with van der Waals surface area (Å²) in [6, 6.07) is 8.03. The lowest BCUT2D eigenvalue weighted by Gasteiger charge is -2.25. The minimum Gasteiger partial charge on any atom is -0.370 e. The number of aromatic nitrogens is 2. The van der Waals surface area contributed by atoms with Crippen molar-refractivity contribution in [3.05, 3.63) is 36.0 Å². The average molecular weight is 328 g/mol. The normalized spacial score (nSPS) is 15.1. The van der Waals surface area contributed by atoms with Crippen LogP contribution >= 0.6 is 0 Å². The molecule has 6 heteroatoms. The van der Waals surface area contributed by atoms with Gasteiger partial charge in [-0.25, -0.2) is 0 Å². The fourth-order valence-electron chi connectivity index (χ4n) is 3.04. The van der Waals surface area contributed by atoms with E-state index in [9.17, 15) is 4.79 Å². The van der Waals surface area contributed by atoms with Crippen LogP contribution < -0.4 is 10.2 Å². The molecular weight excluding hydrogens is 304 g/mol. The fraction of sp³-hybridized carbons (Fsp3) is 0.500. The topological polar surface area (TPSA) is 71.3 Å². The molecule has 0 spiro atoms. The van der Waals surface area contributed by atoms with Crippen molar-refractivity contribution >= 4 is 17.3 Å². The molecule has 0 unspecified atom stereocenters. The van der Waals surface area contributed by atoms with Crippen LogP contribution in [0.4, 0.5) is 11.4 Å². The minimum atomic E-state index is -0.0341. The Morgan fingerprint density at radius 2 is 1.96 bits per heavy atom. The third kappa shape index (κ3) is 4.34. The van der Waals surface area contributed by atoms with Gasteiger partial charge in [0.25, 0.3) is 0 Å². The largest absolute Gasteiger partial charge is 0.370 e. The van der Waals surface area contributed by atoms with Crippen LogP contribution in [0.1, 0.15) is 43.8 Å². The molecule has 1 aliphatic rings. The summed E-state index contributed by atoms with van der Waals surface area (Å²) >= 11 is 0. The number of para-hydroxylation sites is 2. The number of hydrogen-bond donors (Lipinski definition) is 1. The van der Waals surface area contributed by atoms with Crippen LogP contribution in [-0.2, 0) is 11.2 Å². The van der Waals surface area contributed by atoms with Gasteiger partial charge in [-0.1, -0.05) is 30.1 Å². The number of aryl methyl sites for hydroxylation is 2. The van der Waals surface area contributed by atoms with Gasteiger partial charge in [-0.15, -0.1) is 0 Å². The van der Waals surface area contributed by atoms with Crippen LogP contribution in [0.3, 0.4) is 0 Å². The van der Waals surface area contributed by atoms with Crippen LogP contribution in [0.2, 0.25) is 0 Å². The molecule has 6 nitrogen and oxygen atoms in total. The van der Waals surface area contributed by atoms with E-state index in [0.29, 0.717) is 24.6 Å². The van der Waals surface area contributed by atoms with Crippen molar-refractivity contribution in [1.29, 1.82) is 0 Å². The van der Waals surface area contributed by atoms with Gasteiger partial charge in [-0.2, -0.15) is 4.98 Å². The lowest BCUT2D eigenvalue weighted by molar-refractivity contribution is -0.116. The van der Waals surface area contributed by atoms with Crippen molar-refractivity contribution in [3.63, 3.8) is 0 Å². The lowest BCUT2D eigenvalue weighted by Crippen LogP contribution is -2.25. The van der Waals surface area contributed by atoms with Gasteiger partial charge >= 0.3 is 0 Å². The Bertz CT molecular complexity index is 675. The number of nitrogens with zero attached hydrogens (tertiary/aromatic N) is 3. The Balaban J connectivity index is 1.62. The number of hydrogen-bond acceptors (Lipinski definition) is 5. The molecular formula is C18H24N4O2. The van der Waals surface area contributed by atoms with E-state index >= 15 is 0 Å². The smallest absolute Gasteiger partial charge is 0.227 e. The molecule has 1 fully saturated rings. The van der Waals surface area contributed by atoms with Crippen LogP contribution in [0, 0.1) is 6.92 Å². The van der Waals surface area contributed by atoms with Crippen molar-refractivity contribution in [2.24, 2.45) is 0 Å². The van der Waals surface area contributed by atoms with E-state index in [2.05, 4.69) is 26.4 Å². The summed E-state index contributed by atoms with van der Waals surface area (Å²) in [5.74, 6) is 1.06. The molecule has 1 saturated heterocycles. The first-order chi connectivity index (χ1) is 11.7. The number of rotatable bonds is 5. The number of carbonyl (C=O) groups excluding carboxylic acids is 1. The van der Waals surface area contributed by atoms with E-state index in [1.54, 1.807) is 6.92 Å². The fourth-order valence-corrected chi connectivity index (χ4v) is 3.04. The van der Waals surface area contributed by atoms with E-state index in [1.807, 2.05) is 18.2 Å². The molecule has 1 aromatic heterocycles. The van der Waals surface area contributed by atoms with Gasteiger partial charge in [0.1, 0.15) is 0 Å². The first-order valence-electron chi connectivity index (χ1n) is 8.65. The average Bonchev–Trinajstić information content (AvgIpc) is 2.83. The second kappa shape index (κ2) is 7.95. The van der Waals surface area contributed by atoms with Crippen molar-refractivity contribution in [2.75, 3.05) is 23.3 Å². The molecule has 0 atom stereocenters. The summed E-state index contributed by atoms with van der Waals surface area (Å²) in [6.45, 7) is 3.87. The van der Waals surface area contributed by atoms with E-state index < -0.39 is 0 Å². The Morgan fingerprint density at radius 3 is 2.67 bits per heavy atom. The summed E-state index contributed by atoms with van der Waals surface area (Å²) in [5.41, 5.74) is 1.99. The monoisotopic (exact) mass is 328 g/mol. The maximum absolute atomic E-state index is 12.3. The van der Waals surface area contributed by atoms with E-state index in [4.69, 9.17) is 4.52 Å². The summed E-state index contributed by atoms with van der Waals surface area (Å²) in [5, 5.41) is 6.77. The zero-order valence-corrected chi connectivity index (χ0v) is 14.1. The van der Waals surface area contributed by atoms with E-state index in [-0.39, 0.29) is 5.91 Å². The standard InChI is InChI=1S/C18H24N4O2/c1-14-19-18(24-21-14)11-10-17(23)20-15-8-4-5-9-16(15)22-12-6-2-3-7-13-22/h4-5,8-9H,2-3,6-7,10-13H2,1H3,(H,20,23). The third-order valence-corrected chi connectivity index (χ3v) is 4.26. The van der Waals surface area contributed by atoms with Gasteiger partial charge in [0, 0.05) is 25.9 Å². The molecule has 0 bridgehead atoms. The van der Waals surface area contributed by atoms with Crippen LogP contribution in [0.25, 0.3) is 0 Å². The zero-order chi connectivity index (χ0) is 16.8. The highest BCUT2D eigenvalue weighted by atomic mass is 16.5. The highest BCUT2D eigenvalue weighted by molar-refractivity contribution is 5.94. The Hall–Kier alpha value is -2.37. The predicted octanol–water partition coefficient (Wildman–Crippen LogP) is 3.33. The molecule has 0 radical (unpaired) electrons. The first-order valence-corrected chi connectivity index (χ1v) is 8.65. The summed E-state index contributed by atoms with van der Waals surface area (Å²) in [4.78, 5) is 18.8. The number of amides is 1. The third-order valence-electron chi connectivity index (χ3n) is 4.26. The first kappa shape index (κ1) is 16.5. The van der Waals surface area contributed by atoms with Crippen LogP contribution in [-0.4, -0.2) is 29.1 Å². The van der Waals surface area contributed by atoms with Crippen molar-refractivity contribution in [3.8, 4) is 0 Å². The molecule has 2 aromatic rings. The summed E-state index contributed by atoms with van der Waals surface area (Å²) < 4.78 is 5.05. The Labute approximate surface area is 142 Å². The van der Waals surface area contributed by atoms with Gasteiger partial charge < -0.3 is 14.7 Å². The number of carbonyl (C=O) groups is 1. The van der Waals surface area contributed by atoms with Gasteiger partial charge in [-0.05, 0) is 31.9 Å². The van der Waals surface area contributed by atoms with E-state index in [0.717, 1.165) is 24.5 Å². The second-order valence-electron chi connectivity index (χ2n) is 6.20. The lowest BCUT2D eigenvalue weighted by atomic mass is 10.2. The summed E-state index contributed by atoms with van der Waals surface area (Å²) in [7, 11) is 0. The highest BCUT2D eigenvalue weighted by Gasteiger charge is 2.15. The predicted molar refractivity (Wildman–Crippen MR) is 93.1 cm³/mol. The van der Waals surface area contributed by atoms with E-state index in [1.165, 1.54) is 25.7 Å². The molecule has 128 valence electrons. The quantitative estimate of drug-likeness (QED) is 0.911. The molecule has 1 aliphatic heterocycles. The molecule has 0 saturated carbocycles. The number of anilines is 2. The van der Waals surface area contributed by atoms with Crippen molar-refractivity contribution in [2.45, 2.75) is 45.4 Å². The van der Waals surface area contributed by atoms with Gasteiger partial charge in [0.2, 0.25) is 11.8 Å². The molecule has 1 aromatic carbocycles. The van der Waals surface area contributed by atoms with Gasteiger partial charge in [0.05, 0.1) is 11.4 Å². The molecule has 1 N–H and O–H groups in total. The molecule has 1 amide bonds. The Morgan fingerprint density at radius 1 is 1.21 bits per heavy atom. The molecule has 24 heavy (non-hydrogen) atoms. The van der Waals surface area contributed by atoms with Crippen molar-refractivity contribution < 1.29 is 9.32 Å². The maximum atomic E-state index is 12.3. The van der Waals surface area contributed by atoms with Crippen molar-refractivity contribution in [1.82, 2.24) is 10.1 Å². The van der Waals surface area contributed by atoms with Crippen LogP contribution in [0.15, 0.2) is 28.8 Å².